The second-order valence-electron chi connectivity index (χ2n) is 12.3. The van der Waals surface area contributed by atoms with Crippen LogP contribution in [-0.2, 0) is 17.6 Å². The van der Waals surface area contributed by atoms with Crippen molar-refractivity contribution in [2.24, 2.45) is 0 Å². The Hall–Kier alpha value is -4.03. The number of rotatable bonds is 6. The van der Waals surface area contributed by atoms with Crippen molar-refractivity contribution in [2.75, 3.05) is 38.2 Å². The Morgan fingerprint density at radius 2 is 2.05 bits per heavy atom. The molecule has 7 rings (SSSR count). The molecule has 3 fully saturated rings. The van der Waals surface area contributed by atoms with E-state index in [4.69, 9.17) is 9.72 Å². The SMILES string of the molecule is C=CC(=O)N1CC[C@@H]2[C@H]1CN2c1c(C#N)c(OC[C@@H]2C[C@@H](F)CN2C)nc2cc(-c3cccc4c3CCCC4)c(F)cc12. The number of hydrogen-bond acceptors (Lipinski definition) is 6. The Morgan fingerprint density at radius 1 is 1.21 bits per heavy atom. The maximum atomic E-state index is 16.1. The summed E-state index contributed by atoms with van der Waals surface area (Å²) in [5.74, 6) is -0.292. The molecule has 1 amide bonds. The molecule has 4 aliphatic rings. The van der Waals surface area contributed by atoms with Gasteiger partial charge in [0.15, 0.2) is 0 Å². The highest BCUT2D eigenvalue weighted by Crippen LogP contribution is 2.45. The van der Waals surface area contributed by atoms with Crippen LogP contribution in [0.5, 0.6) is 5.88 Å². The second-order valence-corrected chi connectivity index (χ2v) is 12.3. The molecule has 3 aliphatic heterocycles. The average molecular weight is 584 g/mol. The minimum atomic E-state index is -0.918. The molecule has 0 saturated carbocycles. The summed E-state index contributed by atoms with van der Waals surface area (Å²) >= 11 is 0. The highest BCUT2D eigenvalue weighted by molar-refractivity contribution is 5.99. The standard InChI is InChI=1S/C34H35F2N5O2/c1-3-32(42)40-12-11-30-31(40)18-41(30)33-26-14-28(36)25(24-10-6-8-20-7-4-5-9-23(20)24)15-29(26)38-34(27(33)16-37)43-19-22-13-21(35)17-39(22)2/h3,6,8,10,14-15,21-22,30-31H,1,4-5,7,9,11-13,17-19H2,2H3/t21-,22+,30-,31-/m1/s1. The zero-order valence-electron chi connectivity index (χ0n) is 24.4. The number of hydrogen-bond donors (Lipinski definition) is 0. The van der Waals surface area contributed by atoms with Crippen LogP contribution in [0.15, 0.2) is 43.0 Å². The maximum Gasteiger partial charge on any atom is 0.246 e. The molecule has 4 atom stereocenters. The number of aromatic nitrogens is 1. The van der Waals surface area contributed by atoms with Crippen molar-refractivity contribution < 1.29 is 18.3 Å². The third kappa shape index (κ3) is 4.63. The van der Waals surface area contributed by atoms with Gasteiger partial charge in [0, 0.05) is 36.6 Å². The summed E-state index contributed by atoms with van der Waals surface area (Å²) in [4.78, 5) is 23.1. The molecule has 7 nitrogen and oxygen atoms in total. The van der Waals surface area contributed by atoms with Gasteiger partial charge in [-0.1, -0.05) is 24.8 Å². The Labute approximate surface area is 250 Å². The van der Waals surface area contributed by atoms with E-state index in [0.717, 1.165) is 37.7 Å². The number of halogens is 2. The van der Waals surface area contributed by atoms with Crippen molar-refractivity contribution in [3.8, 4) is 23.1 Å². The summed E-state index contributed by atoms with van der Waals surface area (Å²) in [7, 11) is 1.87. The van der Waals surface area contributed by atoms with E-state index in [1.54, 1.807) is 6.07 Å². The Bertz CT molecular complexity index is 1670. The van der Waals surface area contributed by atoms with Gasteiger partial charge in [-0.15, -0.1) is 0 Å². The molecule has 0 N–H and O–H groups in total. The molecule has 4 heterocycles. The third-order valence-corrected chi connectivity index (χ3v) is 9.90. The van der Waals surface area contributed by atoms with E-state index in [0.29, 0.717) is 48.2 Å². The predicted octanol–water partition coefficient (Wildman–Crippen LogP) is 5.19. The first-order valence-electron chi connectivity index (χ1n) is 15.2. The summed E-state index contributed by atoms with van der Waals surface area (Å²) in [5.41, 5.74) is 5.18. The van der Waals surface area contributed by atoms with Crippen molar-refractivity contribution >= 4 is 22.5 Å². The summed E-state index contributed by atoms with van der Waals surface area (Å²) in [5, 5.41) is 11.0. The number of alkyl halides is 1. The quantitative estimate of drug-likeness (QED) is 0.372. The van der Waals surface area contributed by atoms with Gasteiger partial charge in [0.05, 0.1) is 23.3 Å². The first-order chi connectivity index (χ1) is 20.9. The van der Waals surface area contributed by atoms with Gasteiger partial charge in [-0.05, 0) is 80.5 Å². The molecule has 3 saturated heterocycles. The molecular formula is C34H35F2N5O2. The third-order valence-electron chi connectivity index (χ3n) is 9.90. The van der Waals surface area contributed by atoms with Gasteiger partial charge < -0.3 is 14.5 Å². The van der Waals surface area contributed by atoms with E-state index in [1.165, 1.54) is 23.3 Å². The molecule has 2 aromatic carbocycles. The molecular weight excluding hydrogens is 548 g/mol. The number of nitriles is 1. The van der Waals surface area contributed by atoms with Crippen molar-refractivity contribution in [1.29, 1.82) is 5.26 Å². The monoisotopic (exact) mass is 583 g/mol. The number of benzene rings is 2. The van der Waals surface area contributed by atoms with Gasteiger partial charge in [0.1, 0.15) is 30.2 Å². The molecule has 222 valence electrons. The number of carbonyl (C=O) groups is 1. The van der Waals surface area contributed by atoms with E-state index in [1.807, 2.05) is 29.0 Å². The average Bonchev–Trinajstić information content (AvgIpc) is 3.51. The molecule has 0 unspecified atom stereocenters. The first kappa shape index (κ1) is 27.8. The number of amides is 1. The molecule has 0 bridgehead atoms. The number of anilines is 1. The zero-order valence-corrected chi connectivity index (χ0v) is 24.4. The molecule has 1 aromatic heterocycles. The highest BCUT2D eigenvalue weighted by atomic mass is 19.1. The Morgan fingerprint density at radius 3 is 2.81 bits per heavy atom. The van der Waals surface area contributed by atoms with Crippen molar-refractivity contribution in [1.82, 2.24) is 14.8 Å². The van der Waals surface area contributed by atoms with Crippen LogP contribution in [0.25, 0.3) is 22.0 Å². The fourth-order valence-corrected chi connectivity index (χ4v) is 7.64. The summed E-state index contributed by atoms with van der Waals surface area (Å²) < 4.78 is 36.4. The topological polar surface area (TPSA) is 72.7 Å². The maximum absolute atomic E-state index is 16.1. The van der Waals surface area contributed by atoms with E-state index in [2.05, 4.69) is 23.6 Å². The lowest BCUT2D eigenvalue weighted by molar-refractivity contribution is -0.127. The van der Waals surface area contributed by atoms with Crippen LogP contribution < -0.4 is 9.64 Å². The number of ether oxygens (including phenoxy) is 1. The normalized spacial score (nSPS) is 24.8. The number of pyridine rings is 1. The van der Waals surface area contributed by atoms with Crippen molar-refractivity contribution in [3.05, 3.63) is 65.5 Å². The number of aryl methyl sites for hydroxylation is 1. The second kappa shape index (κ2) is 10.9. The number of fused-ring (bicyclic) bond motifs is 3. The zero-order chi connectivity index (χ0) is 29.8. The van der Waals surface area contributed by atoms with Gasteiger partial charge in [-0.25, -0.2) is 13.8 Å². The number of likely N-dealkylation sites (tertiary alicyclic amines) is 2. The van der Waals surface area contributed by atoms with Gasteiger partial charge in [0.25, 0.3) is 0 Å². The summed E-state index contributed by atoms with van der Waals surface area (Å²) in [6.45, 7) is 5.29. The van der Waals surface area contributed by atoms with Gasteiger partial charge in [-0.3, -0.25) is 9.69 Å². The fourth-order valence-electron chi connectivity index (χ4n) is 7.64. The minimum absolute atomic E-state index is 0.00165. The van der Waals surface area contributed by atoms with Gasteiger partial charge in [-0.2, -0.15) is 5.26 Å². The number of carbonyl (C=O) groups excluding carboxylic acids is 1. The van der Waals surface area contributed by atoms with E-state index in [-0.39, 0.29) is 47.9 Å². The smallest absolute Gasteiger partial charge is 0.246 e. The van der Waals surface area contributed by atoms with Gasteiger partial charge in [0.2, 0.25) is 11.8 Å². The van der Waals surface area contributed by atoms with Crippen LogP contribution in [0.2, 0.25) is 0 Å². The summed E-state index contributed by atoms with van der Waals surface area (Å²) in [6.07, 6.45) is 5.61. The first-order valence-corrected chi connectivity index (χ1v) is 15.2. The van der Waals surface area contributed by atoms with Crippen LogP contribution in [0, 0.1) is 17.1 Å². The van der Waals surface area contributed by atoms with Crippen molar-refractivity contribution in [2.45, 2.75) is 62.8 Å². The largest absolute Gasteiger partial charge is 0.475 e. The Balaban J connectivity index is 1.34. The van der Waals surface area contributed by atoms with E-state index >= 15 is 4.39 Å². The van der Waals surface area contributed by atoms with Crippen LogP contribution in [0.4, 0.5) is 14.5 Å². The fraction of sp³-hybridized carbons (Fsp3) is 0.441. The minimum Gasteiger partial charge on any atom is -0.475 e. The van der Waals surface area contributed by atoms with E-state index in [9.17, 15) is 14.4 Å². The van der Waals surface area contributed by atoms with Crippen LogP contribution in [0.3, 0.4) is 0 Å². The highest BCUT2D eigenvalue weighted by Gasteiger charge is 2.49. The lowest BCUT2D eigenvalue weighted by Gasteiger charge is -2.48. The van der Waals surface area contributed by atoms with Gasteiger partial charge >= 0.3 is 0 Å². The molecule has 0 spiro atoms. The van der Waals surface area contributed by atoms with Crippen LogP contribution >= 0.6 is 0 Å². The Kier molecular flexibility index (Phi) is 7.05. The lowest BCUT2D eigenvalue weighted by atomic mass is 9.85. The van der Waals surface area contributed by atoms with Crippen molar-refractivity contribution in [3.63, 3.8) is 0 Å². The summed E-state index contributed by atoms with van der Waals surface area (Å²) in [6, 6.07) is 11.5. The molecule has 9 heteroatoms. The van der Waals surface area contributed by atoms with Crippen LogP contribution in [-0.4, -0.2) is 78.3 Å². The molecule has 0 radical (unpaired) electrons. The number of likely N-dealkylation sites (N-methyl/N-ethyl adjacent to an activating group) is 1. The predicted molar refractivity (Wildman–Crippen MR) is 161 cm³/mol. The number of nitrogens with zero attached hydrogens (tertiary/aromatic N) is 5. The lowest BCUT2D eigenvalue weighted by Crippen LogP contribution is -2.63. The molecule has 43 heavy (non-hydrogen) atoms. The molecule has 3 aromatic rings. The van der Waals surface area contributed by atoms with E-state index < -0.39 is 6.17 Å². The van der Waals surface area contributed by atoms with Crippen LogP contribution in [0.1, 0.15) is 42.4 Å². The molecule has 1 aliphatic carbocycles.